The third kappa shape index (κ3) is 2.42. The highest BCUT2D eigenvalue weighted by atomic mass is 32.2. The molecule has 0 bridgehead atoms. The van der Waals surface area contributed by atoms with Crippen LogP contribution in [0, 0.1) is 12.8 Å². The van der Waals surface area contributed by atoms with E-state index >= 15 is 0 Å². The Morgan fingerprint density at radius 3 is 2.89 bits per heavy atom. The second-order valence-corrected chi connectivity index (χ2v) is 7.54. The summed E-state index contributed by atoms with van der Waals surface area (Å²) in [5.74, 6) is 0.480. The van der Waals surface area contributed by atoms with Crippen LogP contribution in [0.5, 0.6) is 0 Å². The average Bonchev–Trinajstić information content (AvgIpc) is 2.83. The van der Waals surface area contributed by atoms with Crippen LogP contribution in [-0.2, 0) is 10.0 Å². The summed E-state index contributed by atoms with van der Waals surface area (Å²) in [4.78, 5) is 0.422. The fourth-order valence-corrected chi connectivity index (χ4v) is 4.76. The maximum absolute atomic E-state index is 12.6. The molecule has 0 amide bonds. The number of nitrogens with one attached hydrogen (secondary N) is 1. The van der Waals surface area contributed by atoms with Gasteiger partial charge < -0.3 is 5.32 Å². The molecule has 1 N–H and O–H groups in total. The predicted molar refractivity (Wildman–Crippen MR) is 74.5 cm³/mol. The SMILES string of the molecule is Cc1cccc(S(=O)(=O)N2C[C@@H]3CCCN[C@@H]3C2)c1. The number of nitrogens with zero attached hydrogens (tertiary/aromatic N) is 1. The molecule has 2 aliphatic heterocycles. The van der Waals surface area contributed by atoms with E-state index in [9.17, 15) is 8.42 Å². The molecule has 0 aromatic heterocycles. The Morgan fingerprint density at radius 2 is 2.16 bits per heavy atom. The topological polar surface area (TPSA) is 49.4 Å². The van der Waals surface area contributed by atoms with Gasteiger partial charge in [-0.2, -0.15) is 4.31 Å². The van der Waals surface area contributed by atoms with Crippen molar-refractivity contribution >= 4 is 10.0 Å². The van der Waals surface area contributed by atoms with Crippen molar-refractivity contribution in [2.45, 2.75) is 30.7 Å². The molecule has 0 saturated carbocycles. The van der Waals surface area contributed by atoms with E-state index in [0.717, 1.165) is 24.9 Å². The Hall–Kier alpha value is -0.910. The molecule has 0 spiro atoms. The number of fused-ring (bicyclic) bond motifs is 1. The van der Waals surface area contributed by atoms with E-state index in [1.54, 1.807) is 16.4 Å². The molecule has 2 aliphatic rings. The quantitative estimate of drug-likeness (QED) is 0.890. The molecule has 2 saturated heterocycles. The van der Waals surface area contributed by atoms with Crippen LogP contribution < -0.4 is 5.32 Å². The van der Waals surface area contributed by atoms with Crippen molar-refractivity contribution in [3.05, 3.63) is 29.8 Å². The van der Waals surface area contributed by atoms with Crippen LogP contribution in [0.4, 0.5) is 0 Å². The first-order valence-electron chi connectivity index (χ1n) is 6.87. The summed E-state index contributed by atoms with van der Waals surface area (Å²) in [5.41, 5.74) is 0.982. The number of rotatable bonds is 2. The Bertz CT molecular complexity index is 557. The van der Waals surface area contributed by atoms with Crippen LogP contribution in [-0.4, -0.2) is 38.4 Å². The number of hydrogen-bond donors (Lipinski definition) is 1. The molecule has 2 fully saturated rings. The van der Waals surface area contributed by atoms with E-state index in [2.05, 4.69) is 5.32 Å². The zero-order valence-electron chi connectivity index (χ0n) is 11.2. The molecule has 19 heavy (non-hydrogen) atoms. The van der Waals surface area contributed by atoms with Crippen molar-refractivity contribution in [3.8, 4) is 0 Å². The summed E-state index contributed by atoms with van der Waals surface area (Å²) >= 11 is 0. The number of aryl methyl sites for hydroxylation is 1. The van der Waals surface area contributed by atoms with E-state index < -0.39 is 10.0 Å². The minimum absolute atomic E-state index is 0.341. The molecule has 1 aromatic rings. The molecular formula is C14H20N2O2S. The lowest BCUT2D eigenvalue weighted by atomic mass is 9.94. The van der Waals surface area contributed by atoms with E-state index in [1.165, 1.54) is 0 Å². The Kier molecular flexibility index (Phi) is 3.37. The maximum atomic E-state index is 12.6. The Balaban J connectivity index is 1.85. The summed E-state index contributed by atoms with van der Waals surface area (Å²) in [5, 5.41) is 3.44. The van der Waals surface area contributed by atoms with Crippen LogP contribution >= 0.6 is 0 Å². The second kappa shape index (κ2) is 4.89. The van der Waals surface area contributed by atoms with Gasteiger partial charge in [-0.05, 0) is 49.9 Å². The monoisotopic (exact) mass is 280 g/mol. The van der Waals surface area contributed by atoms with Gasteiger partial charge in [0.25, 0.3) is 0 Å². The predicted octanol–water partition coefficient (Wildman–Crippen LogP) is 1.37. The highest BCUT2D eigenvalue weighted by Crippen LogP contribution is 2.29. The fraction of sp³-hybridized carbons (Fsp3) is 0.571. The molecule has 0 unspecified atom stereocenters. The summed E-state index contributed by atoms with van der Waals surface area (Å²) in [6.07, 6.45) is 2.29. The maximum Gasteiger partial charge on any atom is 0.243 e. The number of piperidine rings is 1. The lowest BCUT2D eigenvalue weighted by molar-refractivity contribution is 0.339. The smallest absolute Gasteiger partial charge is 0.243 e. The highest BCUT2D eigenvalue weighted by molar-refractivity contribution is 7.89. The lowest BCUT2D eigenvalue weighted by Crippen LogP contribution is -2.41. The lowest BCUT2D eigenvalue weighted by Gasteiger charge is -2.24. The third-order valence-corrected chi connectivity index (χ3v) is 6.02. The van der Waals surface area contributed by atoms with Gasteiger partial charge in [0.05, 0.1) is 4.90 Å². The van der Waals surface area contributed by atoms with Crippen LogP contribution in [0.25, 0.3) is 0 Å². The summed E-state index contributed by atoms with van der Waals surface area (Å²) < 4.78 is 26.9. The Morgan fingerprint density at radius 1 is 1.32 bits per heavy atom. The zero-order chi connectivity index (χ0) is 13.5. The van der Waals surface area contributed by atoms with E-state index in [4.69, 9.17) is 0 Å². The molecule has 2 heterocycles. The summed E-state index contributed by atoms with van der Waals surface area (Å²) in [7, 11) is -3.33. The molecule has 1 aromatic carbocycles. The standard InChI is InChI=1S/C14H20N2O2S/c1-11-4-2-6-13(8-11)19(17,18)16-9-12-5-3-7-15-14(12)10-16/h2,4,6,8,12,14-15H,3,5,7,9-10H2,1H3/t12-,14+/m0/s1. The van der Waals surface area contributed by atoms with E-state index in [0.29, 0.717) is 29.9 Å². The van der Waals surface area contributed by atoms with E-state index in [-0.39, 0.29) is 0 Å². The van der Waals surface area contributed by atoms with Gasteiger partial charge in [0.2, 0.25) is 10.0 Å². The highest BCUT2D eigenvalue weighted by Gasteiger charge is 2.40. The van der Waals surface area contributed by atoms with Gasteiger partial charge >= 0.3 is 0 Å². The molecule has 0 aliphatic carbocycles. The Labute approximate surface area is 114 Å². The molecule has 2 atom stereocenters. The molecule has 5 heteroatoms. The zero-order valence-corrected chi connectivity index (χ0v) is 12.0. The van der Waals surface area contributed by atoms with Crippen molar-refractivity contribution in [3.63, 3.8) is 0 Å². The normalized spacial score (nSPS) is 28.3. The average molecular weight is 280 g/mol. The van der Waals surface area contributed by atoms with Crippen molar-refractivity contribution in [1.29, 1.82) is 0 Å². The minimum Gasteiger partial charge on any atom is -0.312 e. The van der Waals surface area contributed by atoms with Gasteiger partial charge in [-0.25, -0.2) is 8.42 Å². The van der Waals surface area contributed by atoms with Crippen molar-refractivity contribution in [2.75, 3.05) is 19.6 Å². The van der Waals surface area contributed by atoms with Gasteiger partial charge in [-0.3, -0.25) is 0 Å². The van der Waals surface area contributed by atoms with Crippen molar-refractivity contribution < 1.29 is 8.42 Å². The first kappa shape index (κ1) is 13.1. The van der Waals surface area contributed by atoms with Gasteiger partial charge in [0, 0.05) is 19.1 Å². The van der Waals surface area contributed by atoms with Crippen molar-refractivity contribution in [2.24, 2.45) is 5.92 Å². The van der Waals surface area contributed by atoms with Crippen LogP contribution in [0.1, 0.15) is 18.4 Å². The minimum atomic E-state index is -3.33. The van der Waals surface area contributed by atoms with Crippen LogP contribution in [0.2, 0.25) is 0 Å². The molecule has 104 valence electrons. The molecule has 4 nitrogen and oxygen atoms in total. The third-order valence-electron chi connectivity index (χ3n) is 4.19. The van der Waals surface area contributed by atoms with Gasteiger partial charge in [-0.1, -0.05) is 12.1 Å². The number of sulfonamides is 1. The van der Waals surface area contributed by atoms with E-state index in [1.807, 2.05) is 19.1 Å². The van der Waals surface area contributed by atoms with Crippen LogP contribution in [0.15, 0.2) is 29.2 Å². The molecular weight excluding hydrogens is 260 g/mol. The molecule has 0 radical (unpaired) electrons. The van der Waals surface area contributed by atoms with Crippen LogP contribution in [0.3, 0.4) is 0 Å². The first-order valence-corrected chi connectivity index (χ1v) is 8.31. The first-order chi connectivity index (χ1) is 9.07. The largest absolute Gasteiger partial charge is 0.312 e. The van der Waals surface area contributed by atoms with Crippen molar-refractivity contribution in [1.82, 2.24) is 9.62 Å². The number of hydrogen-bond acceptors (Lipinski definition) is 3. The fourth-order valence-electron chi connectivity index (χ4n) is 3.13. The van der Waals surface area contributed by atoms with Gasteiger partial charge in [0.15, 0.2) is 0 Å². The number of benzene rings is 1. The summed E-state index contributed by atoms with van der Waals surface area (Å²) in [6.45, 7) is 4.21. The van der Waals surface area contributed by atoms with Gasteiger partial charge in [0.1, 0.15) is 0 Å². The second-order valence-electron chi connectivity index (χ2n) is 5.60. The summed E-state index contributed by atoms with van der Waals surface area (Å²) in [6, 6.07) is 7.52. The van der Waals surface area contributed by atoms with Gasteiger partial charge in [-0.15, -0.1) is 0 Å². The molecule has 3 rings (SSSR count).